The average molecular weight is 437 g/mol. The van der Waals surface area contributed by atoms with Gasteiger partial charge < -0.3 is 0 Å². The van der Waals surface area contributed by atoms with Crippen LogP contribution in [-0.2, 0) is 24.5 Å². The number of carbonyl (C=O) groups excluding carboxylic acids is 1. The molecule has 0 radical (unpaired) electrons. The standard InChI is InChI=1S/C19H36N2O5S2/c1-15(2)9-20(17-5-7-27(23,24)13-17)11-19(22)12-21(10-16(3)4)18-6-8-28(25,26)14-18/h15-18H,5-14H2,1-4H3/t17-,18+. The van der Waals surface area contributed by atoms with E-state index < -0.39 is 19.7 Å². The number of Topliss-reactive ketones (excluding diaryl/α,β-unsaturated/α-hetero) is 1. The smallest absolute Gasteiger partial charge is 0.160 e. The molecule has 0 spiro atoms. The first-order chi connectivity index (χ1) is 12.9. The summed E-state index contributed by atoms with van der Waals surface area (Å²) in [5.41, 5.74) is 0. The van der Waals surface area contributed by atoms with Gasteiger partial charge in [-0.25, -0.2) is 16.8 Å². The van der Waals surface area contributed by atoms with E-state index >= 15 is 0 Å². The van der Waals surface area contributed by atoms with E-state index in [0.717, 1.165) is 0 Å². The van der Waals surface area contributed by atoms with E-state index in [1.807, 2.05) is 9.80 Å². The molecule has 0 N–H and O–H groups in total. The lowest BCUT2D eigenvalue weighted by molar-refractivity contribution is -0.122. The molecule has 0 bridgehead atoms. The van der Waals surface area contributed by atoms with Crippen LogP contribution in [0.2, 0.25) is 0 Å². The zero-order valence-electron chi connectivity index (χ0n) is 17.6. The van der Waals surface area contributed by atoms with Crippen LogP contribution >= 0.6 is 0 Å². The molecule has 164 valence electrons. The SMILES string of the molecule is CC(C)CN(CC(=O)CN(CC(C)C)[C@H]1CCS(=O)(=O)C1)[C@@H]1CCS(=O)(=O)C1. The van der Waals surface area contributed by atoms with Gasteiger partial charge in [0, 0.05) is 25.2 Å². The fourth-order valence-corrected chi connectivity index (χ4v) is 7.78. The van der Waals surface area contributed by atoms with Gasteiger partial charge in [0.05, 0.1) is 36.1 Å². The molecule has 2 heterocycles. The summed E-state index contributed by atoms with van der Waals surface area (Å²) >= 11 is 0. The molecule has 9 heteroatoms. The van der Waals surface area contributed by atoms with Gasteiger partial charge in [-0.15, -0.1) is 0 Å². The van der Waals surface area contributed by atoms with Gasteiger partial charge in [-0.05, 0) is 24.7 Å². The van der Waals surface area contributed by atoms with Crippen molar-refractivity contribution in [1.82, 2.24) is 9.80 Å². The molecule has 2 atom stereocenters. The summed E-state index contributed by atoms with van der Waals surface area (Å²) in [6.45, 7) is 10.1. The molecule has 2 fully saturated rings. The fourth-order valence-electron chi connectivity index (χ4n) is 4.25. The van der Waals surface area contributed by atoms with E-state index in [1.54, 1.807) is 0 Å². The molecule has 0 aromatic heterocycles. The van der Waals surface area contributed by atoms with E-state index in [-0.39, 0.29) is 54.0 Å². The average Bonchev–Trinajstić information content (AvgIpc) is 3.07. The zero-order chi connectivity index (χ0) is 21.1. The number of nitrogens with zero attached hydrogens (tertiary/aromatic N) is 2. The van der Waals surface area contributed by atoms with Gasteiger partial charge in [0.25, 0.3) is 0 Å². The van der Waals surface area contributed by atoms with Gasteiger partial charge in [-0.2, -0.15) is 0 Å². The summed E-state index contributed by atoms with van der Waals surface area (Å²) in [5, 5.41) is 0. The topological polar surface area (TPSA) is 91.8 Å². The first-order valence-electron chi connectivity index (χ1n) is 10.3. The first-order valence-corrected chi connectivity index (χ1v) is 13.9. The Morgan fingerprint density at radius 2 is 1.14 bits per heavy atom. The molecule has 2 rings (SSSR count). The molecule has 2 saturated heterocycles. The molecule has 0 aromatic rings. The van der Waals surface area contributed by atoms with Gasteiger partial charge in [-0.3, -0.25) is 14.6 Å². The van der Waals surface area contributed by atoms with Crippen molar-refractivity contribution in [1.29, 1.82) is 0 Å². The largest absolute Gasteiger partial charge is 0.297 e. The van der Waals surface area contributed by atoms with Crippen molar-refractivity contribution in [2.45, 2.75) is 52.6 Å². The highest BCUT2D eigenvalue weighted by Crippen LogP contribution is 2.21. The van der Waals surface area contributed by atoms with Crippen LogP contribution in [0.1, 0.15) is 40.5 Å². The highest BCUT2D eigenvalue weighted by atomic mass is 32.2. The van der Waals surface area contributed by atoms with E-state index in [2.05, 4.69) is 27.7 Å². The second-order valence-electron chi connectivity index (χ2n) is 9.30. The Morgan fingerprint density at radius 3 is 1.39 bits per heavy atom. The highest BCUT2D eigenvalue weighted by molar-refractivity contribution is 7.91. The maximum atomic E-state index is 12.9. The predicted molar refractivity (Wildman–Crippen MR) is 112 cm³/mol. The van der Waals surface area contributed by atoms with Crippen molar-refractivity contribution in [3.05, 3.63) is 0 Å². The van der Waals surface area contributed by atoms with Crippen molar-refractivity contribution in [3.8, 4) is 0 Å². The van der Waals surface area contributed by atoms with Crippen molar-refractivity contribution in [3.63, 3.8) is 0 Å². The summed E-state index contributed by atoms with van der Waals surface area (Å²) in [6.07, 6.45) is 1.16. The summed E-state index contributed by atoms with van der Waals surface area (Å²) in [5.74, 6) is 1.35. The predicted octanol–water partition coefficient (Wildman–Crippen LogP) is 0.846. The van der Waals surface area contributed by atoms with Crippen LogP contribution in [0.5, 0.6) is 0 Å². The lowest BCUT2D eigenvalue weighted by Gasteiger charge is -2.32. The van der Waals surface area contributed by atoms with Crippen molar-refractivity contribution in [2.24, 2.45) is 11.8 Å². The molecular formula is C19H36N2O5S2. The lowest BCUT2D eigenvalue weighted by Crippen LogP contribution is -2.47. The minimum Gasteiger partial charge on any atom is -0.297 e. The minimum atomic E-state index is -3.01. The van der Waals surface area contributed by atoms with E-state index in [4.69, 9.17) is 0 Å². The maximum Gasteiger partial charge on any atom is 0.160 e. The lowest BCUT2D eigenvalue weighted by atomic mass is 10.1. The van der Waals surface area contributed by atoms with Crippen molar-refractivity contribution < 1.29 is 21.6 Å². The third-order valence-corrected chi connectivity index (χ3v) is 8.91. The molecule has 0 aliphatic carbocycles. The normalized spacial score (nSPS) is 26.7. The van der Waals surface area contributed by atoms with Crippen LogP contribution in [-0.4, -0.2) is 93.7 Å². The molecule has 2 aliphatic rings. The Labute approximate surface area is 170 Å². The Morgan fingerprint density at radius 1 is 0.786 bits per heavy atom. The molecule has 0 saturated carbocycles. The van der Waals surface area contributed by atoms with E-state index in [0.29, 0.717) is 37.8 Å². The minimum absolute atomic E-state index is 0.0369. The monoisotopic (exact) mass is 436 g/mol. The molecule has 0 unspecified atom stereocenters. The highest BCUT2D eigenvalue weighted by Gasteiger charge is 2.35. The maximum absolute atomic E-state index is 12.9. The zero-order valence-corrected chi connectivity index (χ0v) is 19.3. The summed E-state index contributed by atoms with van der Waals surface area (Å²) < 4.78 is 47.5. The number of hydrogen-bond donors (Lipinski definition) is 0. The van der Waals surface area contributed by atoms with Gasteiger partial charge >= 0.3 is 0 Å². The third kappa shape index (κ3) is 7.39. The number of carbonyl (C=O) groups is 1. The molecule has 0 aromatic carbocycles. The Balaban J connectivity index is 2.03. The van der Waals surface area contributed by atoms with Gasteiger partial charge in [0.15, 0.2) is 25.5 Å². The third-order valence-electron chi connectivity index (χ3n) is 5.41. The van der Waals surface area contributed by atoms with Crippen LogP contribution in [0, 0.1) is 11.8 Å². The molecule has 28 heavy (non-hydrogen) atoms. The van der Waals surface area contributed by atoms with Crippen LogP contribution in [0.15, 0.2) is 0 Å². The summed E-state index contributed by atoms with van der Waals surface area (Å²) in [6, 6.07) is -0.191. The Bertz CT molecular complexity index is 684. The van der Waals surface area contributed by atoms with Crippen LogP contribution < -0.4 is 0 Å². The van der Waals surface area contributed by atoms with Crippen LogP contribution in [0.3, 0.4) is 0 Å². The number of hydrogen-bond acceptors (Lipinski definition) is 7. The van der Waals surface area contributed by atoms with Gasteiger partial charge in [-0.1, -0.05) is 27.7 Å². The molecular weight excluding hydrogens is 400 g/mol. The van der Waals surface area contributed by atoms with E-state index in [1.165, 1.54) is 0 Å². The van der Waals surface area contributed by atoms with Crippen LogP contribution in [0.4, 0.5) is 0 Å². The second-order valence-corrected chi connectivity index (χ2v) is 13.8. The summed E-state index contributed by atoms with van der Waals surface area (Å²) in [4.78, 5) is 16.9. The van der Waals surface area contributed by atoms with E-state index in [9.17, 15) is 21.6 Å². The van der Waals surface area contributed by atoms with Gasteiger partial charge in [0.2, 0.25) is 0 Å². The Hall–Kier alpha value is -0.510. The quantitative estimate of drug-likeness (QED) is 0.501. The van der Waals surface area contributed by atoms with Crippen molar-refractivity contribution >= 4 is 25.5 Å². The number of sulfone groups is 2. The molecule has 2 aliphatic heterocycles. The van der Waals surface area contributed by atoms with Crippen molar-refractivity contribution in [2.75, 3.05) is 49.2 Å². The number of ketones is 1. The Kier molecular flexibility index (Phi) is 8.09. The molecule has 0 amide bonds. The second kappa shape index (κ2) is 9.53. The van der Waals surface area contributed by atoms with Gasteiger partial charge in [0.1, 0.15) is 0 Å². The summed E-state index contributed by atoms with van der Waals surface area (Å²) in [7, 11) is -6.01. The molecule has 7 nitrogen and oxygen atoms in total. The van der Waals surface area contributed by atoms with Crippen LogP contribution in [0.25, 0.3) is 0 Å². The number of rotatable bonds is 10. The first kappa shape index (κ1) is 23.8. The fraction of sp³-hybridized carbons (Fsp3) is 0.947.